The maximum Gasteiger partial charge on any atom is 0.148 e. The van der Waals surface area contributed by atoms with Gasteiger partial charge in [0.25, 0.3) is 0 Å². The van der Waals surface area contributed by atoms with Gasteiger partial charge in [-0.2, -0.15) is 5.10 Å². The average molecular weight is 445 g/mol. The summed E-state index contributed by atoms with van der Waals surface area (Å²) in [6, 6.07) is 12.4. The minimum atomic E-state index is -0.322. The van der Waals surface area contributed by atoms with Gasteiger partial charge in [-0.05, 0) is 50.6 Å². The van der Waals surface area contributed by atoms with Crippen molar-refractivity contribution in [3.8, 4) is 0 Å². The van der Waals surface area contributed by atoms with Gasteiger partial charge in [0, 0.05) is 24.6 Å². The third-order valence-electron chi connectivity index (χ3n) is 5.28. The van der Waals surface area contributed by atoms with Crippen molar-refractivity contribution in [3.05, 3.63) is 65.1 Å². The predicted molar refractivity (Wildman–Crippen MR) is 128 cm³/mol. The molecule has 0 spiro atoms. The van der Waals surface area contributed by atoms with Gasteiger partial charge in [-0.3, -0.25) is 5.01 Å². The molecule has 1 aliphatic heterocycles. The topological polar surface area (TPSA) is 48.9 Å². The Bertz CT molecular complexity index is 943. The Labute approximate surface area is 188 Å². The van der Waals surface area contributed by atoms with Gasteiger partial charge < -0.3 is 15.4 Å². The van der Waals surface area contributed by atoms with Gasteiger partial charge in [0.2, 0.25) is 0 Å². The van der Waals surface area contributed by atoms with Crippen LogP contribution in [0.15, 0.2) is 59.3 Å². The summed E-state index contributed by atoms with van der Waals surface area (Å²) < 4.78 is 20.2. The molecule has 0 aromatic heterocycles. The number of ether oxygens (including phenoxy) is 1. The highest BCUT2D eigenvalue weighted by atomic mass is 35.5. The van der Waals surface area contributed by atoms with Crippen LogP contribution in [0, 0.1) is 11.2 Å². The minimum Gasteiger partial charge on any atom is -0.382 e. The molecule has 2 aromatic rings. The lowest BCUT2D eigenvalue weighted by Gasteiger charge is -2.43. The van der Waals surface area contributed by atoms with Gasteiger partial charge in [-0.1, -0.05) is 36.2 Å². The Hall–Kier alpha value is -2.57. The van der Waals surface area contributed by atoms with Crippen molar-refractivity contribution in [2.45, 2.75) is 27.2 Å². The summed E-state index contributed by atoms with van der Waals surface area (Å²) in [5, 5.41) is 13.4. The molecule has 0 radical (unpaired) electrons. The smallest absolute Gasteiger partial charge is 0.148 e. The van der Waals surface area contributed by atoms with E-state index in [2.05, 4.69) is 35.8 Å². The van der Waals surface area contributed by atoms with Crippen molar-refractivity contribution < 1.29 is 9.13 Å². The number of benzene rings is 2. The first-order chi connectivity index (χ1) is 14.9. The Morgan fingerprint density at radius 3 is 2.65 bits per heavy atom. The number of nitrogens with zero attached hydrogens (tertiary/aromatic N) is 2. The van der Waals surface area contributed by atoms with E-state index in [-0.39, 0.29) is 11.2 Å². The van der Waals surface area contributed by atoms with E-state index in [1.54, 1.807) is 18.3 Å². The molecule has 1 saturated heterocycles. The fourth-order valence-electron chi connectivity index (χ4n) is 3.33. The van der Waals surface area contributed by atoms with E-state index >= 15 is 0 Å². The largest absolute Gasteiger partial charge is 0.382 e. The summed E-state index contributed by atoms with van der Waals surface area (Å²) in [6.45, 7) is 8.64. The monoisotopic (exact) mass is 444 g/mol. The van der Waals surface area contributed by atoms with E-state index in [1.165, 1.54) is 11.6 Å². The number of hydrazone groups is 1. The van der Waals surface area contributed by atoms with E-state index in [0.29, 0.717) is 42.7 Å². The average Bonchev–Trinajstić information content (AvgIpc) is 2.72. The van der Waals surface area contributed by atoms with E-state index in [4.69, 9.17) is 16.3 Å². The normalized spacial score (nSPS) is 15.6. The number of nitrogens with one attached hydrogen (secondary N) is 2. The Morgan fingerprint density at radius 2 is 2.03 bits per heavy atom. The molecule has 2 aromatic carbocycles. The molecule has 0 aliphatic carbocycles. The van der Waals surface area contributed by atoms with Crippen LogP contribution in [-0.4, -0.2) is 37.5 Å². The van der Waals surface area contributed by atoms with Gasteiger partial charge in [-0.15, -0.1) is 0 Å². The SMILES string of the molecule is C/C=N\N(C=C(C)CC)CC1(CNc2ccc(Nc3ccccc3Cl)cc2F)COC1. The van der Waals surface area contributed by atoms with E-state index in [9.17, 15) is 4.39 Å². The van der Waals surface area contributed by atoms with Crippen LogP contribution in [-0.2, 0) is 4.74 Å². The van der Waals surface area contributed by atoms with Crippen LogP contribution in [0.3, 0.4) is 0 Å². The minimum absolute atomic E-state index is 0.127. The zero-order valence-corrected chi connectivity index (χ0v) is 19.0. The summed E-state index contributed by atoms with van der Waals surface area (Å²) in [4.78, 5) is 0. The van der Waals surface area contributed by atoms with Crippen LogP contribution in [0.25, 0.3) is 0 Å². The molecule has 0 saturated carbocycles. The van der Waals surface area contributed by atoms with E-state index in [0.717, 1.165) is 12.1 Å². The molecule has 1 heterocycles. The van der Waals surface area contributed by atoms with Crippen molar-refractivity contribution in [1.82, 2.24) is 5.01 Å². The van der Waals surface area contributed by atoms with Crippen molar-refractivity contribution in [1.29, 1.82) is 0 Å². The first-order valence-electron chi connectivity index (χ1n) is 10.5. The van der Waals surface area contributed by atoms with Crippen molar-refractivity contribution in [2.75, 3.05) is 36.9 Å². The van der Waals surface area contributed by atoms with Crippen LogP contribution >= 0.6 is 11.6 Å². The number of anilines is 3. The highest BCUT2D eigenvalue weighted by molar-refractivity contribution is 6.33. The summed E-state index contributed by atoms with van der Waals surface area (Å²) in [5.41, 5.74) is 2.96. The molecular formula is C24H30ClFN4O. The first-order valence-corrected chi connectivity index (χ1v) is 10.9. The molecule has 166 valence electrons. The lowest BCUT2D eigenvalue weighted by atomic mass is 9.85. The molecule has 31 heavy (non-hydrogen) atoms. The zero-order chi connectivity index (χ0) is 22.3. The number of allylic oxidation sites excluding steroid dienone is 1. The standard InChI is InChI=1S/C24H30ClFN4O/c1-4-18(3)13-30(28-5-2)15-24(16-31-17-24)14-27-23-11-10-19(12-21(23)26)29-22-9-7-6-8-20(22)25/h5-13,27,29H,4,14-17H2,1-3H3/b18-13?,28-5-. The highest BCUT2D eigenvalue weighted by Gasteiger charge is 2.40. The van der Waals surface area contributed by atoms with E-state index in [1.807, 2.05) is 36.2 Å². The van der Waals surface area contributed by atoms with Crippen LogP contribution < -0.4 is 10.6 Å². The number of rotatable bonds is 10. The molecule has 1 aliphatic rings. The molecule has 0 unspecified atom stereocenters. The third kappa shape index (κ3) is 6.21. The van der Waals surface area contributed by atoms with Crippen LogP contribution in [0.4, 0.5) is 21.5 Å². The number of hydrogen-bond donors (Lipinski definition) is 2. The molecule has 2 N–H and O–H groups in total. The van der Waals surface area contributed by atoms with E-state index < -0.39 is 0 Å². The van der Waals surface area contributed by atoms with Crippen molar-refractivity contribution >= 4 is 34.9 Å². The molecule has 5 nitrogen and oxygen atoms in total. The summed E-state index contributed by atoms with van der Waals surface area (Å²) >= 11 is 6.17. The van der Waals surface area contributed by atoms with Crippen LogP contribution in [0.1, 0.15) is 27.2 Å². The maximum absolute atomic E-state index is 14.7. The maximum atomic E-state index is 14.7. The van der Waals surface area contributed by atoms with Gasteiger partial charge in [0.1, 0.15) is 5.82 Å². The van der Waals surface area contributed by atoms with Crippen LogP contribution in [0.5, 0.6) is 0 Å². The fraction of sp³-hybridized carbons (Fsp3) is 0.375. The Balaban J connectivity index is 1.65. The summed E-state index contributed by atoms with van der Waals surface area (Å²) in [6.07, 6.45) is 4.82. The molecule has 0 atom stereocenters. The second-order valence-corrected chi connectivity index (χ2v) is 8.35. The first kappa shape index (κ1) is 23.1. The lowest BCUT2D eigenvalue weighted by Crippen LogP contribution is -2.53. The molecule has 1 fully saturated rings. The highest BCUT2D eigenvalue weighted by Crippen LogP contribution is 2.31. The number of hydrogen-bond acceptors (Lipinski definition) is 5. The summed E-state index contributed by atoms with van der Waals surface area (Å²) in [5.74, 6) is -0.322. The third-order valence-corrected chi connectivity index (χ3v) is 5.61. The van der Waals surface area contributed by atoms with Gasteiger partial charge >= 0.3 is 0 Å². The Morgan fingerprint density at radius 1 is 1.26 bits per heavy atom. The van der Waals surface area contributed by atoms with Gasteiger partial charge in [0.15, 0.2) is 0 Å². The molecule has 3 rings (SSSR count). The molecule has 7 heteroatoms. The Kier molecular flexibility index (Phi) is 7.93. The van der Waals surface area contributed by atoms with Crippen molar-refractivity contribution in [3.63, 3.8) is 0 Å². The lowest BCUT2D eigenvalue weighted by molar-refractivity contribution is -0.113. The van der Waals surface area contributed by atoms with Gasteiger partial charge in [0.05, 0.1) is 41.6 Å². The molecule has 0 amide bonds. The number of para-hydroxylation sites is 1. The summed E-state index contributed by atoms with van der Waals surface area (Å²) in [7, 11) is 0. The molecule has 0 bridgehead atoms. The number of halogens is 2. The second-order valence-electron chi connectivity index (χ2n) is 7.95. The second kappa shape index (κ2) is 10.6. The van der Waals surface area contributed by atoms with Gasteiger partial charge in [-0.25, -0.2) is 4.39 Å². The molecular weight excluding hydrogens is 415 g/mol. The zero-order valence-electron chi connectivity index (χ0n) is 18.3. The fourth-order valence-corrected chi connectivity index (χ4v) is 3.52. The van der Waals surface area contributed by atoms with Crippen molar-refractivity contribution in [2.24, 2.45) is 10.5 Å². The quantitative estimate of drug-likeness (QED) is 0.335. The van der Waals surface area contributed by atoms with Crippen LogP contribution in [0.2, 0.25) is 5.02 Å². The predicted octanol–water partition coefficient (Wildman–Crippen LogP) is 6.27.